The van der Waals surface area contributed by atoms with Crippen molar-refractivity contribution in [1.29, 1.82) is 0 Å². The van der Waals surface area contributed by atoms with Gasteiger partial charge in [0.05, 0.1) is 16.3 Å². The molecule has 1 aliphatic carbocycles. The number of primary sulfonamides is 1. The summed E-state index contributed by atoms with van der Waals surface area (Å²) in [5, 5.41) is 5.10. The molecule has 0 saturated heterocycles. The second-order valence-corrected chi connectivity index (χ2v) is 6.73. The Balaban J connectivity index is 2.25. The minimum absolute atomic E-state index is 0.0609. The van der Waals surface area contributed by atoms with Crippen LogP contribution in [-0.4, -0.2) is 21.5 Å². The topological polar surface area (TPSA) is 89.4 Å². The molecule has 106 valence electrons. The Morgan fingerprint density at radius 3 is 2.37 bits per heavy atom. The summed E-state index contributed by atoms with van der Waals surface area (Å²) in [6.07, 6.45) is 6.10. The van der Waals surface area contributed by atoms with Crippen LogP contribution in [0.2, 0.25) is 0 Å². The molecule has 19 heavy (non-hydrogen) atoms. The van der Waals surface area contributed by atoms with E-state index in [4.69, 9.17) is 10.9 Å². The second kappa shape index (κ2) is 5.38. The fourth-order valence-electron chi connectivity index (χ4n) is 2.70. The first-order valence-electron chi connectivity index (χ1n) is 6.55. The molecule has 1 aromatic carbocycles. The van der Waals surface area contributed by atoms with E-state index in [1.165, 1.54) is 31.4 Å². The molecule has 0 atom stereocenters. The predicted octanol–water partition coefficient (Wildman–Crippen LogP) is 1.69. The number of anilines is 2. The van der Waals surface area contributed by atoms with Crippen molar-refractivity contribution in [1.82, 2.24) is 0 Å². The molecule has 0 heterocycles. The number of hydrogen-bond donors (Lipinski definition) is 2. The minimum atomic E-state index is -3.69. The Morgan fingerprint density at radius 2 is 1.84 bits per heavy atom. The summed E-state index contributed by atoms with van der Waals surface area (Å²) < 4.78 is 22.6. The van der Waals surface area contributed by atoms with Crippen LogP contribution in [0.5, 0.6) is 0 Å². The maximum Gasteiger partial charge on any atom is 0.238 e. The van der Waals surface area contributed by atoms with Gasteiger partial charge in [0.1, 0.15) is 0 Å². The maximum absolute atomic E-state index is 11.3. The van der Waals surface area contributed by atoms with Crippen LogP contribution >= 0.6 is 0 Å². The molecule has 0 bridgehead atoms. The number of nitrogen functional groups attached to an aromatic ring is 1. The molecule has 6 heteroatoms. The van der Waals surface area contributed by atoms with E-state index in [1.807, 2.05) is 7.05 Å². The van der Waals surface area contributed by atoms with Crippen molar-refractivity contribution >= 4 is 21.4 Å². The monoisotopic (exact) mass is 283 g/mol. The molecule has 0 amide bonds. The number of nitrogens with zero attached hydrogens (tertiary/aromatic N) is 1. The first-order valence-corrected chi connectivity index (χ1v) is 8.09. The molecule has 0 radical (unpaired) electrons. The van der Waals surface area contributed by atoms with Gasteiger partial charge in [-0.05, 0) is 31.0 Å². The van der Waals surface area contributed by atoms with Gasteiger partial charge < -0.3 is 10.6 Å². The molecule has 5 nitrogen and oxygen atoms in total. The molecule has 0 aliphatic heterocycles. The van der Waals surface area contributed by atoms with E-state index >= 15 is 0 Å². The lowest BCUT2D eigenvalue weighted by Crippen LogP contribution is -2.33. The molecule has 1 fully saturated rings. The van der Waals surface area contributed by atoms with E-state index < -0.39 is 10.0 Å². The fraction of sp³-hybridized carbons (Fsp3) is 0.538. The fourth-order valence-corrected chi connectivity index (χ4v) is 3.24. The molecule has 2 rings (SSSR count). The van der Waals surface area contributed by atoms with Crippen LogP contribution in [0.3, 0.4) is 0 Å². The smallest absolute Gasteiger partial charge is 0.238 e. The van der Waals surface area contributed by atoms with Gasteiger partial charge in [0.15, 0.2) is 0 Å². The Labute approximate surface area is 114 Å². The predicted molar refractivity (Wildman–Crippen MR) is 77.5 cm³/mol. The summed E-state index contributed by atoms with van der Waals surface area (Å²) >= 11 is 0. The SMILES string of the molecule is CN(c1ccc(S(N)(=O)=O)cc1N)C1CCCCC1. The summed E-state index contributed by atoms with van der Waals surface area (Å²) in [6, 6.07) is 5.17. The van der Waals surface area contributed by atoms with Crippen LogP contribution in [0.25, 0.3) is 0 Å². The molecular weight excluding hydrogens is 262 g/mol. The Hall–Kier alpha value is -1.27. The van der Waals surface area contributed by atoms with E-state index in [-0.39, 0.29) is 4.90 Å². The first-order chi connectivity index (χ1) is 8.89. The Kier molecular flexibility index (Phi) is 4.01. The highest BCUT2D eigenvalue weighted by Crippen LogP contribution is 2.30. The van der Waals surface area contributed by atoms with Crippen molar-refractivity contribution in [2.24, 2.45) is 5.14 Å². The summed E-state index contributed by atoms with van der Waals surface area (Å²) in [7, 11) is -1.68. The van der Waals surface area contributed by atoms with Crippen molar-refractivity contribution in [3.05, 3.63) is 18.2 Å². The zero-order valence-electron chi connectivity index (χ0n) is 11.2. The lowest BCUT2D eigenvalue weighted by Gasteiger charge is -2.33. The minimum Gasteiger partial charge on any atom is -0.397 e. The van der Waals surface area contributed by atoms with Gasteiger partial charge in [0, 0.05) is 13.1 Å². The first kappa shape index (κ1) is 14.1. The lowest BCUT2D eigenvalue weighted by molar-refractivity contribution is 0.428. The summed E-state index contributed by atoms with van der Waals surface area (Å²) in [5.74, 6) is 0. The quantitative estimate of drug-likeness (QED) is 0.826. The molecule has 0 spiro atoms. The number of nitrogens with two attached hydrogens (primary N) is 2. The van der Waals surface area contributed by atoms with E-state index in [1.54, 1.807) is 6.07 Å². The number of rotatable bonds is 3. The average Bonchev–Trinajstić information content (AvgIpc) is 2.38. The van der Waals surface area contributed by atoms with Crippen LogP contribution in [-0.2, 0) is 10.0 Å². The normalized spacial score (nSPS) is 17.4. The van der Waals surface area contributed by atoms with Gasteiger partial charge in [-0.2, -0.15) is 0 Å². The maximum atomic E-state index is 11.3. The van der Waals surface area contributed by atoms with Gasteiger partial charge in [-0.15, -0.1) is 0 Å². The van der Waals surface area contributed by atoms with Crippen LogP contribution < -0.4 is 15.8 Å². The van der Waals surface area contributed by atoms with Crippen molar-refractivity contribution in [2.75, 3.05) is 17.7 Å². The lowest BCUT2D eigenvalue weighted by atomic mass is 9.94. The van der Waals surface area contributed by atoms with E-state index in [0.29, 0.717) is 11.7 Å². The largest absolute Gasteiger partial charge is 0.397 e. The summed E-state index contributed by atoms with van der Waals surface area (Å²) in [4.78, 5) is 2.22. The van der Waals surface area contributed by atoms with Gasteiger partial charge in [0.25, 0.3) is 0 Å². The highest BCUT2D eigenvalue weighted by molar-refractivity contribution is 7.89. The molecule has 1 aromatic rings. The number of sulfonamides is 1. The number of benzene rings is 1. The molecule has 4 N–H and O–H groups in total. The van der Waals surface area contributed by atoms with Crippen LogP contribution in [0.4, 0.5) is 11.4 Å². The average molecular weight is 283 g/mol. The molecule has 1 aliphatic rings. The van der Waals surface area contributed by atoms with E-state index in [9.17, 15) is 8.42 Å². The van der Waals surface area contributed by atoms with Gasteiger partial charge in [0.2, 0.25) is 10.0 Å². The number of hydrogen-bond acceptors (Lipinski definition) is 4. The van der Waals surface area contributed by atoms with E-state index in [0.717, 1.165) is 18.5 Å². The van der Waals surface area contributed by atoms with Gasteiger partial charge in [-0.25, -0.2) is 13.6 Å². The standard InChI is InChI=1S/C13H21N3O2S/c1-16(10-5-3-2-4-6-10)13-8-7-11(9-12(13)14)19(15,17)18/h7-10H,2-6,14H2,1H3,(H2,15,17,18). The molecule has 0 aromatic heterocycles. The molecule has 0 unspecified atom stereocenters. The van der Waals surface area contributed by atoms with Gasteiger partial charge in [-0.1, -0.05) is 19.3 Å². The van der Waals surface area contributed by atoms with Gasteiger partial charge >= 0.3 is 0 Å². The second-order valence-electron chi connectivity index (χ2n) is 5.17. The van der Waals surface area contributed by atoms with Crippen molar-refractivity contribution in [3.8, 4) is 0 Å². The third-order valence-corrected chi connectivity index (χ3v) is 4.74. The summed E-state index contributed by atoms with van der Waals surface area (Å²) in [6.45, 7) is 0. The van der Waals surface area contributed by atoms with Crippen molar-refractivity contribution in [2.45, 2.75) is 43.0 Å². The Morgan fingerprint density at radius 1 is 1.21 bits per heavy atom. The zero-order chi connectivity index (χ0) is 14.0. The van der Waals surface area contributed by atoms with Gasteiger partial charge in [-0.3, -0.25) is 0 Å². The van der Waals surface area contributed by atoms with Crippen LogP contribution in [0, 0.1) is 0 Å². The van der Waals surface area contributed by atoms with E-state index in [2.05, 4.69) is 4.90 Å². The van der Waals surface area contributed by atoms with Crippen molar-refractivity contribution in [3.63, 3.8) is 0 Å². The highest BCUT2D eigenvalue weighted by Gasteiger charge is 2.20. The third-order valence-electron chi connectivity index (χ3n) is 3.83. The molecular formula is C13H21N3O2S. The van der Waals surface area contributed by atoms with Crippen LogP contribution in [0.1, 0.15) is 32.1 Å². The Bertz CT molecular complexity index is 551. The molecule has 1 saturated carbocycles. The zero-order valence-corrected chi connectivity index (χ0v) is 12.0. The van der Waals surface area contributed by atoms with Crippen molar-refractivity contribution < 1.29 is 8.42 Å². The third kappa shape index (κ3) is 3.19. The highest BCUT2D eigenvalue weighted by atomic mass is 32.2. The van der Waals surface area contributed by atoms with Crippen LogP contribution in [0.15, 0.2) is 23.1 Å². The summed E-state index contributed by atoms with van der Waals surface area (Å²) in [5.41, 5.74) is 7.30.